The Labute approximate surface area is 143 Å². The summed E-state index contributed by atoms with van der Waals surface area (Å²) >= 11 is 1.24. The summed E-state index contributed by atoms with van der Waals surface area (Å²) in [5, 5.41) is 0. The van der Waals surface area contributed by atoms with Gasteiger partial charge in [-0.25, -0.2) is 0 Å². The molecule has 0 amide bonds. The second kappa shape index (κ2) is 5.11. The highest BCUT2D eigenvalue weighted by Gasteiger charge is 2.34. The molecule has 24 heavy (non-hydrogen) atoms. The van der Waals surface area contributed by atoms with Crippen molar-refractivity contribution in [3.8, 4) is 11.3 Å². The van der Waals surface area contributed by atoms with Crippen LogP contribution in [0.5, 0.6) is 0 Å². The number of thiazole rings is 1. The quantitative estimate of drug-likeness (QED) is 0.678. The summed E-state index contributed by atoms with van der Waals surface area (Å²) in [7, 11) is 1.78. The van der Waals surface area contributed by atoms with Crippen molar-refractivity contribution >= 4 is 27.3 Å². The first-order chi connectivity index (χ1) is 11.4. The summed E-state index contributed by atoms with van der Waals surface area (Å²) in [5.41, 5.74) is 4.10. The van der Waals surface area contributed by atoms with Crippen LogP contribution < -0.4 is 4.87 Å². The van der Waals surface area contributed by atoms with E-state index in [2.05, 4.69) is 0 Å². The van der Waals surface area contributed by atoms with Gasteiger partial charge in [0.15, 0.2) is 5.78 Å². The lowest BCUT2D eigenvalue weighted by Crippen LogP contribution is -2.31. The molecule has 122 valence electrons. The van der Waals surface area contributed by atoms with Gasteiger partial charge in [-0.15, -0.1) is 0 Å². The molecule has 3 aromatic rings. The van der Waals surface area contributed by atoms with E-state index in [1.807, 2.05) is 44.2 Å². The first-order valence-electron chi connectivity index (χ1n) is 8.01. The largest absolute Gasteiger partial charge is 0.307 e. The molecule has 2 heterocycles. The Morgan fingerprint density at radius 3 is 2.75 bits per heavy atom. The van der Waals surface area contributed by atoms with Gasteiger partial charge >= 0.3 is 4.87 Å². The van der Waals surface area contributed by atoms with Gasteiger partial charge in [-0.1, -0.05) is 31.3 Å². The third-order valence-electron chi connectivity index (χ3n) is 4.91. The number of aryl methyl sites for hydroxylation is 2. The van der Waals surface area contributed by atoms with Gasteiger partial charge in [0.05, 0.1) is 21.6 Å². The lowest BCUT2D eigenvalue weighted by atomic mass is 9.75. The maximum absolute atomic E-state index is 12.5. The molecule has 1 aliphatic rings. The van der Waals surface area contributed by atoms with Crippen molar-refractivity contribution in [3.05, 3.63) is 51.3 Å². The molecule has 0 unspecified atom stereocenters. The van der Waals surface area contributed by atoms with Gasteiger partial charge in [0.25, 0.3) is 0 Å². The molecule has 0 saturated heterocycles. The van der Waals surface area contributed by atoms with Crippen LogP contribution in [0.25, 0.3) is 21.5 Å². The Bertz CT molecular complexity index is 1040. The van der Waals surface area contributed by atoms with Gasteiger partial charge in [0.1, 0.15) is 0 Å². The third-order valence-corrected chi connectivity index (χ3v) is 5.90. The number of carbonyl (C=O) groups excluding carboxylic acids is 1. The van der Waals surface area contributed by atoms with Crippen LogP contribution >= 0.6 is 11.3 Å². The zero-order valence-corrected chi connectivity index (χ0v) is 14.7. The molecule has 2 aromatic heterocycles. The Morgan fingerprint density at radius 2 is 1.96 bits per heavy atom. The van der Waals surface area contributed by atoms with E-state index in [9.17, 15) is 9.59 Å². The van der Waals surface area contributed by atoms with Crippen LogP contribution in [-0.2, 0) is 13.5 Å². The van der Waals surface area contributed by atoms with Gasteiger partial charge < -0.3 is 4.57 Å². The van der Waals surface area contributed by atoms with Gasteiger partial charge in [-0.05, 0) is 37.1 Å². The Balaban J connectivity index is 1.81. The number of rotatable bonds is 1. The summed E-state index contributed by atoms with van der Waals surface area (Å²) in [4.78, 5) is 29.1. The van der Waals surface area contributed by atoms with E-state index in [0.717, 1.165) is 45.6 Å². The zero-order chi connectivity index (χ0) is 17.1. The van der Waals surface area contributed by atoms with E-state index in [0.29, 0.717) is 0 Å². The molecular formula is C19H18N2O2S. The fourth-order valence-corrected chi connectivity index (χ4v) is 4.18. The van der Waals surface area contributed by atoms with Crippen molar-refractivity contribution in [2.45, 2.75) is 26.7 Å². The minimum atomic E-state index is -0.300. The highest BCUT2D eigenvalue weighted by molar-refractivity contribution is 7.16. The van der Waals surface area contributed by atoms with Crippen LogP contribution in [0, 0.1) is 5.41 Å². The molecule has 0 bridgehead atoms. The molecule has 0 N–H and O–H groups in total. The van der Waals surface area contributed by atoms with Gasteiger partial charge in [-0.3, -0.25) is 14.6 Å². The summed E-state index contributed by atoms with van der Waals surface area (Å²) in [6.07, 6.45) is 1.65. The lowest BCUT2D eigenvalue weighted by Gasteiger charge is -2.29. The van der Waals surface area contributed by atoms with Crippen molar-refractivity contribution in [3.63, 3.8) is 0 Å². The smallest absolute Gasteiger partial charge is 0.302 e. The second-order valence-corrected chi connectivity index (χ2v) is 8.01. The van der Waals surface area contributed by atoms with E-state index in [-0.39, 0.29) is 16.1 Å². The predicted molar refractivity (Wildman–Crippen MR) is 96.7 cm³/mol. The normalized spacial score (nSPS) is 16.4. The van der Waals surface area contributed by atoms with Crippen LogP contribution in [0.15, 0.2) is 35.1 Å². The van der Waals surface area contributed by atoms with Crippen molar-refractivity contribution in [1.82, 2.24) is 9.55 Å². The standard InChI is InChI=1S/C19H18N2O2S/c1-19(2)9-8-14-12(17(19)22)5-6-13(20-14)11-4-7-15-16(10-11)24-18(23)21(15)3/h4-7,10H,8-9H2,1-3H3. The summed E-state index contributed by atoms with van der Waals surface area (Å²) in [5.74, 6) is 0.180. The average molecular weight is 338 g/mol. The molecular weight excluding hydrogens is 320 g/mol. The summed E-state index contributed by atoms with van der Waals surface area (Å²) in [6, 6.07) is 9.75. The molecule has 1 aliphatic carbocycles. The third kappa shape index (κ3) is 2.23. The second-order valence-electron chi connectivity index (χ2n) is 7.01. The molecule has 0 spiro atoms. The molecule has 4 rings (SSSR count). The van der Waals surface area contributed by atoms with E-state index in [1.165, 1.54) is 11.3 Å². The van der Waals surface area contributed by atoms with E-state index < -0.39 is 0 Å². The van der Waals surface area contributed by atoms with E-state index in [1.54, 1.807) is 11.6 Å². The first-order valence-corrected chi connectivity index (χ1v) is 8.83. The number of ketones is 1. The van der Waals surface area contributed by atoms with Gasteiger partial charge in [0, 0.05) is 23.6 Å². The Kier molecular flexibility index (Phi) is 3.25. The molecule has 0 aliphatic heterocycles. The molecule has 0 radical (unpaired) electrons. The molecule has 0 fully saturated rings. The number of fused-ring (bicyclic) bond motifs is 2. The number of benzene rings is 1. The fourth-order valence-electron chi connectivity index (χ4n) is 3.26. The van der Waals surface area contributed by atoms with Crippen LogP contribution in [0.2, 0.25) is 0 Å². The highest BCUT2D eigenvalue weighted by atomic mass is 32.1. The Morgan fingerprint density at radius 1 is 1.17 bits per heavy atom. The zero-order valence-electron chi connectivity index (χ0n) is 13.9. The van der Waals surface area contributed by atoms with Crippen LogP contribution in [0.1, 0.15) is 36.3 Å². The minimum Gasteiger partial charge on any atom is -0.302 e. The van der Waals surface area contributed by atoms with Crippen molar-refractivity contribution in [2.75, 3.05) is 0 Å². The number of carbonyl (C=O) groups is 1. The highest BCUT2D eigenvalue weighted by Crippen LogP contribution is 2.35. The predicted octanol–water partition coefficient (Wildman–Crippen LogP) is 3.82. The molecule has 4 nitrogen and oxygen atoms in total. The molecule has 1 aromatic carbocycles. The summed E-state index contributed by atoms with van der Waals surface area (Å²) in [6.45, 7) is 3.99. The van der Waals surface area contributed by atoms with Crippen molar-refractivity contribution < 1.29 is 4.79 Å². The van der Waals surface area contributed by atoms with Crippen LogP contribution in [0.3, 0.4) is 0 Å². The number of nitrogens with zero attached hydrogens (tertiary/aromatic N) is 2. The fraction of sp³-hybridized carbons (Fsp3) is 0.316. The number of hydrogen-bond donors (Lipinski definition) is 0. The maximum atomic E-state index is 12.5. The topological polar surface area (TPSA) is 52.0 Å². The Hall–Kier alpha value is -2.27. The van der Waals surface area contributed by atoms with Crippen molar-refractivity contribution in [2.24, 2.45) is 12.5 Å². The SMILES string of the molecule is Cn1c(=O)sc2cc(-c3ccc4c(n3)CCC(C)(C)C4=O)ccc21. The van der Waals surface area contributed by atoms with Gasteiger partial charge in [0.2, 0.25) is 0 Å². The molecule has 5 heteroatoms. The van der Waals surface area contributed by atoms with Crippen LogP contribution in [0.4, 0.5) is 0 Å². The minimum absolute atomic E-state index is 0.0355. The summed E-state index contributed by atoms with van der Waals surface area (Å²) < 4.78 is 2.61. The van der Waals surface area contributed by atoms with Crippen LogP contribution in [-0.4, -0.2) is 15.3 Å². The lowest BCUT2D eigenvalue weighted by molar-refractivity contribution is 0.0809. The maximum Gasteiger partial charge on any atom is 0.307 e. The van der Waals surface area contributed by atoms with Gasteiger partial charge in [-0.2, -0.15) is 0 Å². The number of Topliss-reactive ketones (excluding diaryl/α,β-unsaturated/α-hetero) is 1. The molecule has 0 atom stereocenters. The average Bonchev–Trinajstić information content (AvgIpc) is 2.85. The van der Waals surface area contributed by atoms with Crippen molar-refractivity contribution in [1.29, 1.82) is 0 Å². The number of hydrogen-bond acceptors (Lipinski definition) is 4. The van der Waals surface area contributed by atoms with E-state index in [4.69, 9.17) is 4.98 Å². The molecule has 0 saturated carbocycles. The van der Waals surface area contributed by atoms with E-state index >= 15 is 0 Å². The monoisotopic (exact) mass is 338 g/mol. The first kappa shape index (κ1) is 15.3. The number of pyridine rings is 1. The number of aromatic nitrogens is 2.